The molecule has 0 spiro atoms. The van der Waals surface area contributed by atoms with Crippen molar-refractivity contribution in [3.05, 3.63) is 48.5 Å². The molecule has 0 bridgehead atoms. The molecule has 0 N–H and O–H groups in total. The van der Waals surface area contributed by atoms with Crippen LogP contribution in [0.1, 0.15) is 13.8 Å². The molecule has 0 aliphatic heterocycles. The number of rotatable bonds is 2. The molecule has 0 radical (unpaired) electrons. The molecule has 0 atom stereocenters. The summed E-state index contributed by atoms with van der Waals surface area (Å²) in [5.74, 6) is 0. The van der Waals surface area contributed by atoms with Gasteiger partial charge < -0.3 is 4.90 Å². The van der Waals surface area contributed by atoms with Crippen LogP contribution in [0.4, 0.5) is 0 Å². The molecule has 2 aromatic carbocycles. The highest BCUT2D eigenvalue weighted by Gasteiger charge is 2.01. The minimum absolute atomic E-state index is 1.16. The topological polar surface area (TPSA) is 3.24 Å². The summed E-state index contributed by atoms with van der Waals surface area (Å²) in [5, 5.41) is 2.76. The van der Waals surface area contributed by atoms with Gasteiger partial charge in [-0.1, -0.05) is 50.2 Å². The second-order valence-corrected chi connectivity index (χ2v) is 5.67. The number of hydrogen-bond donors (Lipinski definition) is 0. The molecule has 0 saturated carbocycles. The van der Waals surface area contributed by atoms with Crippen LogP contribution in [0, 0.1) is 0 Å². The van der Waals surface area contributed by atoms with Gasteiger partial charge in [0.25, 0.3) is 0 Å². The van der Waals surface area contributed by atoms with Crippen LogP contribution in [-0.4, -0.2) is 25.0 Å². The Bertz CT molecular complexity index is 587. The lowest BCUT2D eigenvalue weighted by molar-refractivity contribution is 0.373. The third-order valence-electron chi connectivity index (χ3n) is 3.36. The van der Waals surface area contributed by atoms with E-state index in [1.807, 2.05) is 11.3 Å². The van der Waals surface area contributed by atoms with Crippen molar-refractivity contribution in [2.75, 3.05) is 20.1 Å². The lowest BCUT2D eigenvalue weighted by Gasteiger charge is -2.07. The Morgan fingerprint density at radius 3 is 1.58 bits per heavy atom. The van der Waals surface area contributed by atoms with Gasteiger partial charge in [-0.15, -0.1) is 11.3 Å². The van der Waals surface area contributed by atoms with E-state index in [0.717, 1.165) is 13.1 Å². The Hall–Kier alpha value is -1.38. The van der Waals surface area contributed by atoms with Crippen LogP contribution in [0.3, 0.4) is 0 Å². The molecule has 0 unspecified atom stereocenters. The predicted molar refractivity (Wildman–Crippen MR) is 88.2 cm³/mol. The predicted octanol–water partition coefficient (Wildman–Crippen LogP) is 5.01. The van der Waals surface area contributed by atoms with Gasteiger partial charge in [0.1, 0.15) is 0 Å². The van der Waals surface area contributed by atoms with Crippen LogP contribution in [0.15, 0.2) is 48.5 Å². The SMILES string of the molecule is CCN(C)CC.c1ccc2c(c1)sc1ccccc12. The Morgan fingerprint density at radius 2 is 1.21 bits per heavy atom. The van der Waals surface area contributed by atoms with Crippen molar-refractivity contribution >= 4 is 31.5 Å². The molecule has 3 rings (SSSR count). The Morgan fingerprint density at radius 1 is 0.789 bits per heavy atom. The summed E-state index contributed by atoms with van der Waals surface area (Å²) in [6.45, 7) is 6.64. The lowest BCUT2D eigenvalue weighted by atomic mass is 10.2. The second-order valence-electron chi connectivity index (χ2n) is 4.58. The summed E-state index contributed by atoms with van der Waals surface area (Å²) in [5.41, 5.74) is 0. The van der Waals surface area contributed by atoms with Crippen molar-refractivity contribution in [3.8, 4) is 0 Å². The van der Waals surface area contributed by atoms with Gasteiger partial charge >= 0.3 is 0 Å². The van der Waals surface area contributed by atoms with Gasteiger partial charge in [0, 0.05) is 20.2 Å². The fraction of sp³-hybridized carbons (Fsp3) is 0.294. The fourth-order valence-electron chi connectivity index (χ4n) is 1.90. The second kappa shape index (κ2) is 6.69. The standard InChI is InChI=1S/C12H8S.C5H13N/c1-3-7-11-9(5-1)10-6-2-4-8-12(10)13-11;1-4-6(3)5-2/h1-8H;4-5H2,1-3H3. The van der Waals surface area contributed by atoms with Gasteiger partial charge in [0.15, 0.2) is 0 Å². The van der Waals surface area contributed by atoms with Crippen molar-refractivity contribution < 1.29 is 0 Å². The first kappa shape index (κ1) is 14.0. The molecule has 19 heavy (non-hydrogen) atoms. The van der Waals surface area contributed by atoms with Gasteiger partial charge in [0.2, 0.25) is 0 Å². The molecule has 0 saturated heterocycles. The van der Waals surface area contributed by atoms with Gasteiger partial charge in [-0.05, 0) is 32.3 Å². The number of fused-ring (bicyclic) bond motifs is 3. The number of nitrogens with zero attached hydrogens (tertiary/aromatic N) is 1. The molecular formula is C17H21NS. The van der Waals surface area contributed by atoms with E-state index in [9.17, 15) is 0 Å². The average Bonchev–Trinajstić information content (AvgIpc) is 2.85. The molecule has 1 nitrogen and oxygen atoms in total. The zero-order chi connectivity index (χ0) is 13.7. The van der Waals surface area contributed by atoms with Crippen molar-refractivity contribution in [2.45, 2.75) is 13.8 Å². The summed E-state index contributed by atoms with van der Waals surface area (Å²) >= 11 is 1.86. The third-order valence-corrected chi connectivity index (χ3v) is 4.52. The Kier molecular flexibility index (Phi) is 4.94. The van der Waals surface area contributed by atoms with Crippen LogP contribution in [0.5, 0.6) is 0 Å². The van der Waals surface area contributed by atoms with Crippen LogP contribution in [0.2, 0.25) is 0 Å². The normalized spacial score (nSPS) is 10.7. The highest BCUT2D eigenvalue weighted by atomic mass is 32.1. The minimum atomic E-state index is 1.16. The monoisotopic (exact) mass is 271 g/mol. The van der Waals surface area contributed by atoms with E-state index in [0.29, 0.717) is 0 Å². The number of benzene rings is 2. The molecule has 100 valence electrons. The van der Waals surface area contributed by atoms with E-state index in [2.05, 4.69) is 74.3 Å². The van der Waals surface area contributed by atoms with Crippen LogP contribution in [-0.2, 0) is 0 Å². The summed E-state index contributed by atoms with van der Waals surface area (Å²) in [7, 11) is 2.11. The van der Waals surface area contributed by atoms with Crippen molar-refractivity contribution in [1.82, 2.24) is 4.90 Å². The molecule has 0 aliphatic rings. The van der Waals surface area contributed by atoms with E-state index in [1.54, 1.807) is 0 Å². The summed E-state index contributed by atoms with van der Waals surface area (Å²) in [6.07, 6.45) is 0. The summed E-state index contributed by atoms with van der Waals surface area (Å²) in [4.78, 5) is 2.25. The smallest absolute Gasteiger partial charge is 0.0355 e. The van der Waals surface area contributed by atoms with E-state index < -0.39 is 0 Å². The van der Waals surface area contributed by atoms with Crippen LogP contribution < -0.4 is 0 Å². The first-order chi connectivity index (χ1) is 9.26. The zero-order valence-electron chi connectivity index (χ0n) is 11.9. The van der Waals surface area contributed by atoms with Gasteiger partial charge in [0.05, 0.1) is 0 Å². The first-order valence-corrected chi connectivity index (χ1v) is 7.62. The lowest BCUT2D eigenvalue weighted by Crippen LogP contribution is -2.15. The van der Waals surface area contributed by atoms with Gasteiger partial charge in [-0.2, -0.15) is 0 Å². The van der Waals surface area contributed by atoms with Gasteiger partial charge in [-0.25, -0.2) is 0 Å². The van der Waals surface area contributed by atoms with Crippen LogP contribution >= 0.6 is 11.3 Å². The molecule has 3 aromatic rings. The number of hydrogen-bond acceptors (Lipinski definition) is 2. The molecule has 2 heteroatoms. The van der Waals surface area contributed by atoms with E-state index in [4.69, 9.17) is 0 Å². The van der Waals surface area contributed by atoms with E-state index in [-0.39, 0.29) is 0 Å². The Labute approximate surface area is 119 Å². The zero-order valence-corrected chi connectivity index (χ0v) is 12.7. The molecule has 0 aliphatic carbocycles. The molecular weight excluding hydrogens is 250 g/mol. The fourth-order valence-corrected chi connectivity index (χ4v) is 3.00. The van der Waals surface area contributed by atoms with Crippen molar-refractivity contribution in [2.24, 2.45) is 0 Å². The maximum absolute atomic E-state index is 2.25. The third kappa shape index (κ3) is 3.34. The van der Waals surface area contributed by atoms with E-state index in [1.165, 1.54) is 20.2 Å². The quantitative estimate of drug-likeness (QED) is 0.633. The maximum Gasteiger partial charge on any atom is 0.0355 e. The summed E-state index contributed by atoms with van der Waals surface area (Å²) < 4.78 is 2.76. The average molecular weight is 271 g/mol. The largest absolute Gasteiger partial charge is 0.307 e. The van der Waals surface area contributed by atoms with Crippen LogP contribution in [0.25, 0.3) is 20.2 Å². The number of thiophene rings is 1. The molecule has 0 amide bonds. The van der Waals surface area contributed by atoms with Crippen molar-refractivity contribution in [3.63, 3.8) is 0 Å². The highest BCUT2D eigenvalue weighted by Crippen LogP contribution is 2.32. The maximum atomic E-state index is 2.25. The molecule has 0 fully saturated rings. The van der Waals surface area contributed by atoms with E-state index >= 15 is 0 Å². The first-order valence-electron chi connectivity index (χ1n) is 6.81. The minimum Gasteiger partial charge on any atom is -0.307 e. The van der Waals surface area contributed by atoms with Crippen molar-refractivity contribution in [1.29, 1.82) is 0 Å². The highest BCUT2D eigenvalue weighted by molar-refractivity contribution is 7.25. The Balaban J connectivity index is 0.000000192. The molecule has 1 aromatic heterocycles. The summed E-state index contributed by atoms with van der Waals surface area (Å²) in [6, 6.07) is 17.1. The molecule has 1 heterocycles. The van der Waals surface area contributed by atoms with Gasteiger partial charge in [-0.3, -0.25) is 0 Å².